The summed E-state index contributed by atoms with van der Waals surface area (Å²) >= 11 is 0. The Morgan fingerprint density at radius 1 is 1.47 bits per heavy atom. The van der Waals surface area contributed by atoms with E-state index in [0.717, 1.165) is 19.4 Å². The third-order valence-corrected chi connectivity index (χ3v) is 2.63. The van der Waals surface area contributed by atoms with Gasteiger partial charge in [0.1, 0.15) is 5.69 Å². The van der Waals surface area contributed by atoms with Gasteiger partial charge in [0, 0.05) is 0 Å². The van der Waals surface area contributed by atoms with Crippen LogP contribution in [0.3, 0.4) is 0 Å². The van der Waals surface area contributed by atoms with Crippen molar-refractivity contribution < 1.29 is 14.7 Å². The number of amides is 1. The van der Waals surface area contributed by atoms with Crippen molar-refractivity contribution >= 4 is 17.6 Å². The molecule has 0 aromatic carbocycles. The average Bonchev–Trinajstić information content (AvgIpc) is 2.83. The van der Waals surface area contributed by atoms with E-state index in [0.29, 0.717) is 5.69 Å². The quantitative estimate of drug-likeness (QED) is 0.708. The van der Waals surface area contributed by atoms with Gasteiger partial charge in [0.05, 0.1) is 17.9 Å². The van der Waals surface area contributed by atoms with Crippen molar-refractivity contribution in [2.24, 2.45) is 0 Å². The van der Waals surface area contributed by atoms with Gasteiger partial charge in [-0.25, -0.2) is 9.78 Å². The summed E-state index contributed by atoms with van der Waals surface area (Å²) in [6.45, 7) is 0.855. The third kappa shape index (κ3) is 2.79. The molecule has 6 heteroatoms. The van der Waals surface area contributed by atoms with Crippen molar-refractivity contribution in [2.75, 3.05) is 11.9 Å². The molecule has 1 aromatic rings. The minimum absolute atomic E-state index is 0.0398. The normalized spacial score (nSPS) is 18.9. The summed E-state index contributed by atoms with van der Waals surface area (Å²) in [6, 6.07) is 2.73. The highest BCUT2D eigenvalue weighted by Gasteiger charge is 2.21. The first kappa shape index (κ1) is 11.5. The number of rotatable bonds is 3. The van der Waals surface area contributed by atoms with Crippen LogP contribution in [0.15, 0.2) is 18.3 Å². The summed E-state index contributed by atoms with van der Waals surface area (Å²) in [5.41, 5.74) is 0.468. The lowest BCUT2D eigenvalue weighted by atomic mass is 10.2. The molecule has 1 aromatic heterocycles. The zero-order valence-corrected chi connectivity index (χ0v) is 9.14. The minimum atomic E-state index is -1.08. The van der Waals surface area contributed by atoms with Crippen molar-refractivity contribution in [1.29, 1.82) is 0 Å². The number of pyridine rings is 1. The Kier molecular flexibility index (Phi) is 3.34. The zero-order chi connectivity index (χ0) is 12.3. The molecular formula is C11H13N3O3. The molecule has 1 atom stereocenters. The SMILES string of the molecule is O=C(O)c1ccc(NC(=O)C2CCCN2)cn1. The molecule has 0 radical (unpaired) electrons. The average molecular weight is 235 g/mol. The predicted octanol–water partition coefficient (Wildman–Crippen LogP) is 0.470. The fraction of sp³-hybridized carbons (Fsp3) is 0.364. The van der Waals surface area contributed by atoms with Crippen molar-refractivity contribution in [3.63, 3.8) is 0 Å². The van der Waals surface area contributed by atoms with Crippen molar-refractivity contribution in [3.05, 3.63) is 24.0 Å². The Hall–Kier alpha value is -1.95. The van der Waals surface area contributed by atoms with Gasteiger partial charge < -0.3 is 15.7 Å². The first-order chi connectivity index (χ1) is 8.16. The van der Waals surface area contributed by atoms with Gasteiger partial charge in [-0.05, 0) is 31.5 Å². The van der Waals surface area contributed by atoms with Gasteiger partial charge in [0.25, 0.3) is 0 Å². The molecule has 2 heterocycles. The van der Waals surface area contributed by atoms with E-state index in [2.05, 4.69) is 15.6 Å². The van der Waals surface area contributed by atoms with Crippen LogP contribution < -0.4 is 10.6 Å². The predicted molar refractivity (Wildman–Crippen MR) is 60.9 cm³/mol. The van der Waals surface area contributed by atoms with Crippen molar-refractivity contribution in [3.8, 4) is 0 Å². The Bertz CT molecular complexity index is 424. The van der Waals surface area contributed by atoms with Gasteiger partial charge in [-0.2, -0.15) is 0 Å². The number of hydrogen-bond donors (Lipinski definition) is 3. The molecule has 0 spiro atoms. The van der Waals surface area contributed by atoms with Crippen LogP contribution in [0.25, 0.3) is 0 Å². The maximum atomic E-state index is 11.7. The lowest BCUT2D eigenvalue weighted by Gasteiger charge is -2.10. The fourth-order valence-corrected chi connectivity index (χ4v) is 1.73. The highest BCUT2D eigenvalue weighted by atomic mass is 16.4. The minimum Gasteiger partial charge on any atom is -0.477 e. The topological polar surface area (TPSA) is 91.3 Å². The molecule has 3 N–H and O–H groups in total. The number of nitrogens with one attached hydrogen (secondary N) is 2. The third-order valence-electron chi connectivity index (χ3n) is 2.63. The summed E-state index contributed by atoms with van der Waals surface area (Å²) < 4.78 is 0. The number of aromatic carboxylic acids is 1. The van der Waals surface area contributed by atoms with Crippen LogP contribution in [0, 0.1) is 0 Å². The molecule has 17 heavy (non-hydrogen) atoms. The van der Waals surface area contributed by atoms with E-state index in [1.807, 2.05) is 0 Å². The van der Waals surface area contributed by atoms with Crippen molar-refractivity contribution in [2.45, 2.75) is 18.9 Å². The monoisotopic (exact) mass is 235 g/mol. The second-order valence-electron chi connectivity index (χ2n) is 3.88. The Morgan fingerprint density at radius 3 is 2.82 bits per heavy atom. The first-order valence-corrected chi connectivity index (χ1v) is 5.40. The van der Waals surface area contributed by atoms with Gasteiger partial charge in [-0.1, -0.05) is 0 Å². The second-order valence-corrected chi connectivity index (χ2v) is 3.88. The van der Waals surface area contributed by atoms with Crippen LogP contribution in [-0.2, 0) is 4.79 Å². The summed E-state index contributed by atoms with van der Waals surface area (Å²) in [4.78, 5) is 26.0. The van der Waals surface area contributed by atoms with Crippen LogP contribution in [0.2, 0.25) is 0 Å². The smallest absolute Gasteiger partial charge is 0.354 e. The van der Waals surface area contributed by atoms with Crippen LogP contribution in [0.1, 0.15) is 23.3 Å². The first-order valence-electron chi connectivity index (χ1n) is 5.40. The van der Waals surface area contributed by atoms with Crippen molar-refractivity contribution in [1.82, 2.24) is 10.3 Å². The molecule has 1 fully saturated rings. The number of aromatic nitrogens is 1. The molecule has 1 unspecified atom stereocenters. The van der Waals surface area contributed by atoms with Gasteiger partial charge in [0.15, 0.2) is 0 Å². The number of nitrogens with zero attached hydrogens (tertiary/aromatic N) is 1. The molecule has 1 aliphatic rings. The molecule has 90 valence electrons. The summed E-state index contributed by atoms with van der Waals surface area (Å²) in [6.07, 6.45) is 3.16. The number of carboxylic acid groups (broad SMARTS) is 1. The summed E-state index contributed by atoms with van der Waals surface area (Å²) in [7, 11) is 0. The van der Waals surface area contributed by atoms with Crippen LogP contribution in [-0.4, -0.2) is 34.6 Å². The molecule has 0 aliphatic carbocycles. The number of carboxylic acids is 1. The maximum Gasteiger partial charge on any atom is 0.354 e. The Morgan fingerprint density at radius 2 is 2.29 bits per heavy atom. The standard InChI is InChI=1S/C11H13N3O3/c15-10(8-2-1-5-12-8)14-7-3-4-9(11(16)17)13-6-7/h3-4,6,8,12H,1-2,5H2,(H,14,15)(H,16,17). The van der Waals surface area contributed by atoms with Gasteiger partial charge in [0.2, 0.25) is 5.91 Å². The molecule has 1 aliphatic heterocycles. The Labute approximate surface area is 98.1 Å². The lowest BCUT2D eigenvalue weighted by molar-refractivity contribution is -0.117. The van der Waals surface area contributed by atoms with E-state index >= 15 is 0 Å². The highest BCUT2D eigenvalue weighted by Crippen LogP contribution is 2.10. The second kappa shape index (κ2) is 4.92. The molecule has 0 bridgehead atoms. The van der Waals surface area contributed by atoms with E-state index in [-0.39, 0.29) is 17.6 Å². The number of carbonyl (C=O) groups is 2. The molecular weight excluding hydrogens is 222 g/mol. The van der Waals surface area contributed by atoms with E-state index in [1.165, 1.54) is 18.3 Å². The number of hydrogen-bond acceptors (Lipinski definition) is 4. The van der Waals surface area contributed by atoms with E-state index in [9.17, 15) is 9.59 Å². The molecule has 2 rings (SSSR count). The summed E-state index contributed by atoms with van der Waals surface area (Å²) in [5.74, 6) is -1.19. The van der Waals surface area contributed by atoms with Crippen LogP contribution >= 0.6 is 0 Å². The van der Waals surface area contributed by atoms with Gasteiger partial charge >= 0.3 is 5.97 Å². The van der Waals surface area contributed by atoms with E-state index in [4.69, 9.17) is 5.11 Å². The Balaban J connectivity index is 1.98. The molecule has 0 saturated carbocycles. The number of anilines is 1. The van der Waals surface area contributed by atoms with Crippen LogP contribution in [0.4, 0.5) is 5.69 Å². The van der Waals surface area contributed by atoms with E-state index in [1.54, 1.807) is 0 Å². The van der Waals surface area contributed by atoms with E-state index < -0.39 is 5.97 Å². The molecule has 1 amide bonds. The molecule has 6 nitrogen and oxygen atoms in total. The van der Waals surface area contributed by atoms with Gasteiger partial charge in [-0.3, -0.25) is 4.79 Å². The van der Waals surface area contributed by atoms with Crippen LogP contribution in [0.5, 0.6) is 0 Å². The maximum absolute atomic E-state index is 11.7. The summed E-state index contributed by atoms with van der Waals surface area (Å²) in [5, 5.41) is 14.4. The number of carbonyl (C=O) groups excluding carboxylic acids is 1. The molecule has 1 saturated heterocycles. The van der Waals surface area contributed by atoms with Gasteiger partial charge in [-0.15, -0.1) is 0 Å². The largest absolute Gasteiger partial charge is 0.477 e. The fourth-order valence-electron chi connectivity index (χ4n) is 1.73. The zero-order valence-electron chi connectivity index (χ0n) is 9.14. The highest BCUT2D eigenvalue weighted by molar-refractivity contribution is 5.95. The lowest BCUT2D eigenvalue weighted by Crippen LogP contribution is -2.35.